The van der Waals surface area contributed by atoms with E-state index in [9.17, 15) is 0 Å². The van der Waals surface area contributed by atoms with E-state index in [0.717, 1.165) is 41.9 Å². The van der Waals surface area contributed by atoms with E-state index >= 15 is 0 Å². The monoisotopic (exact) mass is 285 g/mol. The molecule has 2 nitrogen and oxygen atoms in total. The van der Waals surface area contributed by atoms with Crippen LogP contribution in [0.2, 0.25) is 0 Å². The van der Waals surface area contributed by atoms with Crippen LogP contribution in [0.1, 0.15) is 37.7 Å². The van der Waals surface area contributed by atoms with Crippen molar-refractivity contribution in [3.8, 4) is 5.75 Å². The van der Waals surface area contributed by atoms with Gasteiger partial charge in [0.05, 0.1) is 7.11 Å². The van der Waals surface area contributed by atoms with Gasteiger partial charge in [-0.1, -0.05) is 18.2 Å². The second-order valence-corrected chi connectivity index (χ2v) is 7.54. The van der Waals surface area contributed by atoms with Crippen molar-refractivity contribution in [2.75, 3.05) is 13.7 Å². The third-order valence-corrected chi connectivity index (χ3v) is 6.31. The van der Waals surface area contributed by atoms with Gasteiger partial charge in [-0.15, -0.1) is 0 Å². The summed E-state index contributed by atoms with van der Waals surface area (Å²) in [7, 11) is 1.76. The van der Waals surface area contributed by atoms with E-state index in [1.165, 1.54) is 37.8 Å². The molecule has 0 atom stereocenters. The van der Waals surface area contributed by atoms with Crippen LogP contribution in [-0.2, 0) is 6.54 Å². The molecule has 2 heteroatoms. The Hall–Kier alpha value is -1.02. The number of hydrogen-bond acceptors (Lipinski definition) is 2. The number of benzene rings is 1. The Morgan fingerprint density at radius 3 is 2.33 bits per heavy atom. The van der Waals surface area contributed by atoms with Gasteiger partial charge in [0.1, 0.15) is 5.75 Å². The molecule has 0 unspecified atom stereocenters. The van der Waals surface area contributed by atoms with Crippen molar-refractivity contribution in [2.45, 2.75) is 38.6 Å². The highest BCUT2D eigenvalue weighted by Crippen LogP contribution is 2.56. The van der Waals surface area contributed by atoms with Crippen LogP contribution in [0.4, 0.5) is 0 Å². The van der Waals surface area contributed by atoms with E-state index in [-0.39, 0.29) is 0 Å². The van der Waals surface area contributed by atoms with E-state index in [2.05, 4.69) is 23.5 Å². The lowest BCUT2D eigenvalue weighted by Gasteiger charge is -2.54. The third kappa shape index (κ3) is 2.59. The molecule has 0 heterocycles. The molecule has 5 rings (SSSR count). The molecule has 4 aliphatic rings. The first-order valence-corrected chi connectivity index (χ1v) is 8.66. The number of methoxy groups -OCH3 is 1. The minimum Gasteiger partial charge on any atom is -0.496 e. The summed E-state index contributed by atoms with van der Waals surface area (Å²) in [5.74, 6) is 6.15. The predicted octanol–water partition coefficient (Wildman–Crippen LogP) is 3.86. The molecule has 4 fully saturated rings. The fraction of sp³-hybridized carbons (Fsp3) is 0.684. The van der Waals surface area contributed by atoms with Crippen LogP contribution in [0.3, 0.4) is 0 Å². The number of rotatable bonds is 5. The average Bonchev–Trinajstić information content (AvgIpc) is 2.50. The minimum atomic E-state index is 0.937. The van der Waals surface area contributed by atoms with Gasteiger partial charge in [-0.05, 0) is 74.3 Å². The Labute approximate surface area is 128 Å². The van der Waals surface area contributed by atoms with Crippen LogP contribution in [0, 0.1) is 29.6 Å². The summed E-state index contributed by atoms with van der Waals surface area (Å²) in [6.07, 6.45) is 7.64. The first-order chi connectivity index (χ1) is 10.3. The van der Waals surface area contributed by atoms with Gasteiger partial charge in [0.25, 0.3) is 0 Å². The van der Waals surface area contributed by atoms with Gasteiger partial charge in [-0.25, -0.2) is 0 Å². The van der Waals surface area contributed by atoms with Crippen LogP contribution >= 0.6 is 0 Å². The molecule has 0 amide bonds. The van der Waals surface area contributed by atoms with E-state index < -0.39 is 0 Å². The first kappa shape index (κ1) is 13.6. The van der Waals surface area contributed by atoms with Crippen molar-refractivity contribution in [3.63, 3.8) is 0 Å². The second-order valence-electron chi connectivity index (χ2n) is 7.54. The van der Waals surface area contributed by atoms with Gasteiger partial charge in [0, 0.05) is 12.1 Å². The number of ether oxygens (including phenoxy) is 1. The van der Waals surface area contributed by atoms with Crippen LogP contribution in [-0.4, -0.2) is 13.7 Å². The van der Waals surface area contributed by atoms with Gasteiger partial charge < -0.3 is 10.1 Å². The molecule has 4 aliphatic carbocycles. The largest absolute Gasteiger partial charge is 0.496 e. The predicted molar refractivity (Wildman–Crippen MR) is 85.2 cm³/mol. The standard InChI is InChI=1S/C19H27NO/c1-21-19-5-3-2-4-15(19)11-20-12-18-16-7-13-6-14(9-16)10-17(18)8-13/h2-5,13-14,16-18,20H,6-12H2,1H3. The maximum absolute atomic E-state index is 5.44. The molecule has 4 saturated carbocycles. The lowest BCUT2D eigenvalue weighted by atomic mass is 9.52. The van der Waals surface area contributed by atoms with Crippen molar-refractivity contribution < 1.29 is 4.74 Å². The van der Waals surface area contributed by atoms with Crippen molar-refractivity contribution in [1.29, 1.82) is 0 Å². The van der Waals surface area contributed by atoms with Gasteiger partial charge in [0.15, 0.2) is 0 Å². The highest BCUT2D eigenvalue weighted by molar-refractivity contribution is 5.32. The Bertz CT molecular complexity index is 470. The lowest BCUT2D eigenvalue weighted by molar-refractivity contribution is -0.0355. The van der Waals surface area contributed by atoms with Gasteiger partial charge in [0.2, 0.25) is 0 Å². The Kier molecular flexibility index (Phi) is 3.66. The average molecular weight is 285 g/mol. The van der Waals surface area contributed by atoms with E-state index in [1.54, 1.807) is 13.5 Å². The fourth-order valence-corrected chi connectivity index (χ4v) is 5.59. The molecule has 0 spiro atoms. The Balaban J connectivity index is 1.35. The molecule has 1 aromatic rings. The summed E-state index contributed by atoms with van der Waals surface area (Å²) >= 11 is 0. The molecule has 1 N–H and O–H groups in total. The summed E-state index contributed by atoms with van der Waals surface area (Å²) in [5, 5.41) is 3.72. The lowest BCUT2D eigenvalue weighted by Crippen LogP contribution is -2.48. The van der Waals surface area contributed by atoms with Gasteiger partial charge in [-0.2, -0.15) is 0 Å². The minimum absolute atomic E-state index is 0.937. The zero-order valence-electron chi connectivity index (χ0n) is 13.1. The van der Waals surface area contributed by atoms with Crippen LogP contribution in [0.25, 0.3) is 0 Å². The van der Waals surface area contributed by atoms with E-state index in [4.69, 9.17) is 4.74 Å². The Morgan fingerprint density at radius 1 is 1.00 bits per heavy atom. The smallest absolute Gasteiger partial charge is 0.123 e. The maximum atomic E-state index is 5.44. The highest BCUT2D eigenvalue weighted by atomic mass is 16.5. The summed E-state index contributed by atoms with van der Waals surface area (Å²) < 4.78 is 5.44. The zero-order valence-corrected chi connectivity index (χ0v) is 13.1. The zero-order chi connectivity index (χ0) is 14.2. The highest BCUT2D eigenvalue weighted by Gasteiger charge is 2.47. The van der Waals surface area contributed by atoms with Gasteiger partial charge >= 0.3 is 0 Å². The third-order valence-electron chi connectivity index (χ3n) is 6.31. The second kappa shape index (κ2) is 5.64. The summed E-state index contributed by atoms with van der Waals surface area (Å²) in [5.41, 5.74) is 1.28. The molecular weight excluding hydrogens is 258 g/mol. The summed E-state index contributed by atoms with van der Waals surface area (Å²) in [6, 6.07) is 8.37. The normalized spacial score (nSPS) is 36.9. The molecular formula is C19H27NO. The molecule has 1 aromatic carbocycles. The molecule has 0 aromatic heterocycles. The Morgan fingerprint density at radius 2 is 1.67 bits per heavy atom. The molecule has 0 saturated heterocycles. The molecule has 21 heavy (non-hydrogen) atoms. The topological polar surface area (TPSA) is 21.3 Å². The fourth-order valence-electron chi connectivity index (χ4n) is 5.59. The van der Waals surface area contributed by atoms with Crippen LogP contribution in [0.15, 0.2) is 24.3 Å². The van der Waals surface area contributed by atoms with E-state index in [1.807, 2.05) is 6.07 Å². The summed E-state index contributed by atoms with van der Waals surface area (Å²) in [4.78, 5) is 0. The van der Waals surface area contributed by atoms with Gasteiger partial charge in [-0.3, -0.25) is 0 Å². The number of para-hydroxylation sites is 1. The van der Waals surface area contributed by atoms with Crippen LogP contribution < -0.4 is 10.1 Å². The maximum Gasteiger partial charge on any atom is 0.123 e. The molecule has 0 aliphatic heterocycles. The molecule has 0 radical (unpaired) electrons. The quantitative estimate of drug-likeness (QED) is 0.887. The molecule has 4 bridgehead atoms. The number of hydrogen-bond donors (Lipinski definition) is 1. The summed E-state index contributed by atoms with van der Waals surface area (Å²) in [6.45, 7) is 2.14. The van der Waals surface area contributed by atoms with Crippen molar-refractivity contribution in [3.05, 3.63) is 29.8 Å². The van der Waals surface area contributed by atoms with E-state index in [0.29, 0.717) is 0 Å². The van der Waals surface area contributed by atoms with Crippen molar-refractivity contribution in [1.82, 2.24) is 5.32 Å². The first-order valence-electron chi connectivity index (χ1n) is 8.66. The molecule has 114 valence electrons. The SMILES string of the molecule is COc1ccccc1CNCC1C2CC3CC(C2)CC1C3. The number of nitrogens with one attached hydrogen (secondary N) is 1. The van der Waals surface area contributed by atoms with Crippen molar-refractivity contribution in [2.24, 2.45) is 29.6 Å². The van der Waals surface area contributed by atoms with Crippen LogP contribution in [0.5, 0.6) is 5.75 Å². The van der Waals surface area contributed by atoms with Crippen molar-refractivity contribution >= 4 is 0 Å².